The zero-order valence-electron chi connectivity index (χ0n) is 23.1. The number of hydrogen-bond donors (Lipinski definition) is 3. The Labute approximate surface area is 234 Å². The predicted octanol–water partition coefficient (Wildman–Crippen LogP) is 5.71. The summed E-state index contributed by atoms with van der Waals surface area (Å²) in [6.07, 6.45) is -1.60. The van der Waals surface area contributed by atoms with Crippen LogP contribution in [0.4, 0.5) is 32.4 Å². The van der Waals surface area contributed by atoms with Crippen molar-refractivity contribution >= 4 is 17.7 Å². The SMILES string of the molecule is COc1ccc([C@@]23CC[C@@H](NC(=O)Nc4cc(F)ccc4F)C[C@@H]2N(C(C)C)CC3)cc1OC.O=C(O)C(F)(F)F. The number of nitrogens with zero attached hydrogens (tertiary/aromatic N) is 1. The maximum atomic E-state index is 13.9. The molecule has 2 aliphatic rings. The zero-order valence-corrected chi connectivity index (χ0v) is 23.1. The number of urea groups is 1. The number of carbonyl (C=O) groups is 2. The van der Waals surface area contributed by atoms with Crippen LogP contribution in [0.2, 0.25) is 0 Å². The number of carboxylic acid groups (broad SMARTS) is 1. The Morgan fingerprint density at radius 1 is 1.05 bits per heavy atom. The number of anilines is 1. The monoisotopic (exact) mass is 587 g/mol. The molecule has 2 fully saturated rings. The summed E-state index contributed by atoms with van der Waals surface area (Å²) in [5.74, 6) is -2.61. The number of halogens is 5. The Morgan fingerprint density at radius 2 is 1.71 bits per heavy atom. The van der Waals surface area contributed by atoms with Gasteiger partial charge in [0.25, 0.3) is 0 Å². The summed E-state index contributed by atoms with van der Waals surface area (Å²) in [6.45, 7) is 5.37. The Bertz CT molecular complexity index is 1240. The molecule has 0 radical (unpaired) electrons. The molecule has 1 saturated heterocycles. The van der Waals surface area contributed by atoms with Crippen molar-refractivity contribution in [2.45, 2.75) is 69.2 Å². The minimum absolute atomic E-state index is 0.0485. The standard InChI is InChI=1S/C26H33F2N3O3.C2HF3O2/c1-16(2)31-12-11-26(17-5-8-22(33-3)23(13-17)34-4)10-9-19(15-24(26)31)29-25(32)30-21-14-18(27)6-7-20(21)28;3-2(4,5)1(6)7/h5-8,13-14,16,19,24H,9-12,15H2,1-4H3,(H2,29,30,32);(H,6,7)/t19-,24+,26+;/m1./s1. The van der Waals surface area contributed by atoms with Crippen LogP contribution >= 0.6 is 0 Å². The van der Waals surface area contributed by atoms with E-state index in [4.69, 9.17) is 19.4 Å². The van der Waals surface area contributed by atoms with Crippen molar-refractivity contribution in [1.82, 2.24) is 10.2 Å². The number of hydrogen-bond acceptors (Lipinski definition) is 5. The van der Waals surface area contributed by atoms with Gasteiger partial charge in [0.05, 0.1) is 19.9 Å². The van der Waals surface area contributed by atoms with Crippen molar-refractivity contribution in [2.75, 3.05) is 26.1 Å². The molecule has 2 amide bonds. The molecule has 1 aliphatic heterocycles. The number of nitrogens with one attached hydrogen (secondary N) is 2. The lowest BCUT2D eigenvalue weighted by Crippen LogP contribution is -2.54. The van der Waals surface area contributed by atoms with E-state index < -0.39 is 29.8 Å². The number of rotatable bonds is 6. The van der Waals surface area contributed by atoms with Gasteiger partial charge in [-0.25, -0.2) is 18.4 Å². The summed E-state index contributed by atoms with van der Waals surface area (Å²) in [6, 6.07) is 9.18. The van der Waals surface area contributed by atoms with E-state index in [0.29, 0.717) is 17.5 Å². The number of aliphatic carboxylic acids is 1. The first-order valence-electron chi connectivity index (χ1n) is 13.0. The normalized spacial score (nSPS) is 22.3. The van der Waals surface area contributed by atoms with Gasteiger partial charge in [-0.3, -0.25) is 4.90 Å². The quantitative estimate of drug-likeness (QED) is 0.375. The first kappa shape index (κ1) is 31.9. The van der Waals surface area contributed by atoms with Crippen LogP contribution in [0.3, 0.4) is 0 Å². The Kier molecular flexibility index (Phi) is 10.1. The van der Waals surface area contributed by atoms with E-state index in [1.807, 2.05) is 6.07 Å². The molecule has 0 bridgehead atoms. The molecule has 0 unspecified atom stereocenters. The second-order valence-electron chi connectivity index (χ2n) is 10.3. The molecule has 1 heterocycles. The van der Waals surface area contributed by atoms with Gasteiger partial charge in [-0.15, -0.1) is 0 Å². The summed E-state index contributed by atoms with van der Waals surface area (Å²) < 4.78 is 70.2. The van der Waals surface area contributed by atoms with E-state index in [9.17, 15) is 26.7 Å². The lowest BCUT2D eigenvalue weighted by molar-refractivity contribution is -0.192. The highest BCUT2D eigenvalue weighted by Gasteiger charge is 2.52. The second-order valence-corrected chi connectivity index (χ2v) is 10.3. The molecule has 41 heavy (non-hydrogen) atoms. The maximum absolute atomic E-state index is 13.9. The third-order valence-electron chi connectivity index (χ3n) is 7.68. The van der Waals surface area contributed by atoms with Crippen LogP contribution in [-0.2, 0) is 10.2 Å². The molecule has 226 valence electrons. The third kappa shape index (κ3) is 7.38. The number of amides is 2. The van der Waals surface area contributed by atoms with Crippen LogP contribution in [0, 0.1) is 11.6 Å². The molecule has 3 atom stereocenters. The van der Waals surface area contributed by atoms with Gasteiger partial charge < -0.3 is 25.2 Å². The van der Waals surface area contributed by atoms with E-state index in [2.05, 4.69) is 41.5 Å². The van der Waals surface area contributed by atoms with Gasteiger partial charge in [-0.05, 0) is 75.9 Å². The van der Waals surface area contributed by atoms with Gasteiger partial charge in [0.15, 0.2) is 11.5 Å². The average molecular weight is 588 g/mol. The van der Waals surface area contributed by atoms with Crippen LogP contribution in [0.25, 0.3) is 0 Å². The molecule has 3 N–H and O–H groups in total. The molecule has 0 spiro atoms. The molecule has 4 rings (SSSR count). The number of methoxy groups -OCH3 is 2. The smallest absolute Gasteiger partial charge is 0.490 e. The molecule has 1 saturated carbocycles. The van der Waals surface area contributed by atoms with Crippen LogP contribution in [0.15, 0.2) is 36.4 Å². The summed E-state index contributed by atoms with van der Waals surface area (Å²) in [7, 11) is 3.28. The van der Waals surface area contributed by atoms with Crippen LogP contribution in [-0.4, -0.2) is 67.1 Å². The van der Waals surface area contributed by atoms with Crippen molar-refractivity contribution in [2.24, 2.45) is 0 Å². The van der Waals surface area contributed by atoms with Gasteiger partial charge in [0.1, 0.15) is 11.6 Å². The zero-order chi connectivity index (χ0) is 30.5. The first-order valence-corrected chi connectivity index (χ1v) is 13.0. The van der Waals surface area contributed by atoms with Gasteiger partial charge >= 0.3 is 18.2 Å². The minimum atomic E-state index is -5.08. The Balaban J connectivity index is 0.000000587. The summed E-state index contributed by atoms with van der Waals surface area (Å²) in [5, 5.41) is 12.6. The van der Waals surface area contributed by atoms with E-state index in [-0.39, 0.29) is 23.2 Å². The Hall–Kier alpha value is -3.61. The molecule has 1 aliphatic carbocycles. The van der Waals surface area contributed by atoms with Gasteiger partial charge in [-0.2, -0.15) is 13.2 Å². The van der Waals surface area contributed by atoms with Crippen molar-refractivity contribution in [3.8, 4) is 11.5 Å². The molecular formula is C28H34F5N3O5. The highest BCUT2D eigenvalue weighted by Crippen LogP contribution is 2.50. The fourth-order valence-corrected chi connectivity index (χ4v) is 5.75. The van der Waals surface area contributed by atoms with E-state index >= 15 is 0 Å². The molecule has 2 aromatic carbocycles. The van der Waals surface area contributed by atoms with Crippen LogP contribution < -0.4 is 20.1 Å². The lowest BCUT2D eigenvalue weighted by Gasteiger charge is -2.46. The molecular weight excluding hydrogens is 553 g/mol. The minimum Gasteiger partial charge on any atom is -0.493 e. The number of fused-ring (bicyclic) bond motifs is 1. The third-order valence-corrected chi connectivity index (χ3v) is 7.68. The fourth-order valence-electron chi connectivity index (χ4n) is 5.75. The number of likely N-dealkylation sites (tertiary alicyclic amines) is 1. The van der Waals surface area contributed by atoms with E-state index in [1.54, 1.807) is 14.2 Å². The molecule has 13 heteroatoms. The highest BCUT2D eigenvalue weighted by atomic mass is 19.4. The topological polar surface area (TPSA) is 100 Å². The van der Waals surface area contributed by atoms with Gasteiger partial charge in [0, 0.05) is 29.6 Å². The number of benzene rings is 2. The summed E-state index contributed by atoms with van der Waals surface area (Å²) in [4.78, 5) is 24.0. The fraction of sp³-hybridized carbons (Fsp3) is 0.500. The van der Waals surface area contributed by atoms with Crippen molar-refractivity contribution < 1.29 is 46.1 Å². The average Bonchev–Trinajstić information content (AvgIpc) is 3.30. The number of carboxylic acids is 1. The summed E-state index contributed by atoms with van der Waals surface area (Å²) in [5.41, 5.74) is 1.01. The Morgan fingerprint density at radius 3 is 2.29 bits per heavy atom. The second kappa shape index (κ2) is 12.9. The largest absolute Gasteiger partial charge is 0.493 e. The highest BCUT2D eigenvalue weighted by molar-refractivity contribution is 5.89. The van der Waals surface area contributed by atoms with E-state index in [1.165, 1.54) is 5.56 Å². The lowest BCUT2D eigenvalue weighted by atomic mass is 9.65. The van der Waals surface area contributed by atoms with Crippen molar-refractivity contribution in [1.29, 1.82) is 0 Å². The molecule has 0 aromatic heterocycles. The molecule has 8 nitrogen and oxygen atoms in total. The van der Waals surface area contributed by atoms with Crippen LogP contribution in [0.1, 0.15) is 45.1 Å². The van der Waals surface area contributed by atoms with Gasteiger partial charge in [-0.1, -0.05) is 6.07 Å². The van der Waals surface area contributed by atoms with Crippen molar-refractivity contribution in [3.05, 3.63) is 53.6 Å². The molecule has 2 aromatic rings. The summed E-state index contributed by atoms with van der Waals surface area (Å²) >= 11 is 0. The predicted molar refractivity (Wildman–Crippen MR) is 141 cm³/mol. The van der Waals surface area contributed by atoms with Crippen molar-refractivity contribution in [3.63, 3.8) is 0 Å². The number of carbonyl (C=O) groups excluding carboxylic acids is 1. The maximum Gasteiger partial charge on any atom is 0.490 e. The van der Waals surface area contributed by atoms with E-state index in [0.717, 1.165) is 50.4 Å². The van der Waals surface area contributed by atoms with Gasteiger partial charge in [0.2, 0.25) is 0 Å². The first-order chi connectivity index (χ1) is 19.2. The van der Waals surface area contributed by atoms with Crippen LogP contribution in [0.5, 0.6) is 11.5 Å². The number of ether oxygens (including phenoxy) is 2. The number of alkyl halides is 3.